The van der Waals surface area contributed by atoms with Crippen LogP contribution in [-0.4, -0.2) is 56.5 Å². The van der Waals surface area contributed by atoms with E-state index >= 15 is 0 Å². The minimum Gasteiger partial charge on any atom is -0.311 e. The number of hydrogen-bond acceptors (Lipinski definition) is 4. The largest absolute Gasteiger partial charge is 0.311 e. The third-order valence-corrected chi connectivity index (χ3v) is 7.04. The lowest BCUT2D eigenvalue weighted by Crippen LogP contribution is -2.59. The van der Waals surface area contributed by atoms with Gasteiger partial charge in [-0.15, -0.1) is 0 Å². The van der Waals surface area contributed by atoms with Crippen LogP contribution in [0.1, 0.15) is 52.4 Å². The van der Waals surface area contributed by atoms with Crippen LogP contribution in [0.2, 0.25) is 0 Å². The molecule has 21 heavy (non-hydrogen) atoms. The van der Waals surface area contributed by atoms with Gasteiger partial charge in [0, 0.05) is 37.5 Å². The van der Waals surface area contributed by atoms with E-state index in [9.17, 15) is 8.42 Å². The van der Waals surface area contributed by atoms with E-state index in [1.807, 2.05) is 0 Å². The number of sulfone groups is 1. The molecular weight excluding hydrogens is 284 g/mol. The average Bonchev–Trinajstić information content (AvgIpc) is 2.53. The highest BCUT2D eigenvalue weighted by Crippen LogP contribution is 2.30. The molecule has 1 aliphatic heterocycles. The summed E-state index contributed by atoms with van der Waals surface area (Å²) in [5.74, 6) is 1.35. The summed E-state index contributed by atoms with van der Waals surface area (Å²) in [7, 11) is -2.86. The van der Waals surface area contributed by atoms with Gasteiger partial charge in [0.2, 0.25) is 0 Å². The highest BCUT2D eigenvalue weighted by Gasteiger charge is 2.33. The molecule has 0 aromatic rings. The first-order valence-corrected chi connectivity index (χ1v) is 10.6. The maximum absolute atomic E-state index is 11.8. The van der Waals surface area contributed by atoms with Crippen molar-refractivity contribution in [1.82, 2.24) is 10.2 Å². The minimum atomic E-state index is -2.86. The van der Waals surface area contributed by atoms with Crippen molar-refractivity contribution < 1.29 is 8.42 Å². The summed E-state index contributed by atoms with van der Waals surface area (Å²) < 4.78 is 23.7. The first-order chi connectivity index (χ1) is 10.1. The van der Waals surface area contributed by atoms with E-state index in [4.69, 9.17) is 0 Å². The second kappa shape index (κ2) is 7.93. The molecule has 0 aromatic carbocycles. The van der Waals surface area contributed by atoms with Gasteiger partial charge in [-0.05, 0) is 25.2 Å². The van der Waals surface area contributed by atoms with Crippen LogP contribution in [0.3, 0.4) is 0 Å². The molecule has 0 amide bonds. The Morgan fingerprint density at radius 3 is 2.48 bits per heavy atom. The SMILES string of the molecule is CCC1CN(CCS(=O)(=O)CC)C(C2CCCCC2)CN1. The van der Waals surface area contributed by atoms with Crippen molar-refractivity contribution >= 4 is 9.84 Å². The second-order valence-corrected chi connectivity index (χ2v) is 9.18. The highest BCUT2D eigenvalue weighted by atomic mass is 32.2. The zero-order chi connectivity index (χ0) is 15.3. The van der Waals surface area contributed by atoms with Gasteiger partial charge in [-0.2, -0.15) is 0 Å². The fourth-order valence-corrected chi connectivity index (χ4v) is 4.62. The van der Waals surface area contributed by atoms with Crippen LogP contribution >= 0.6 is 0 Å². The van der Waals surface area contributed by atoms with Gasteiger partial charge in [-0.3, -0.25) is 4.90 Å². The van der Waals surface area contributed by atoms with E-state index in [1.54, 1.807) is 6.92 Å². The Bertz CT molecular complexity index is 405. The lowest BCUT2D eigenvalue weighted by atomic mass is 9.82. The molecule has 0 aromatic heterocycles. The maximum Gasteiger partial charge on any atom is 0.151 e. The molecule has 4 nitrogen and oxygen atoms in total. The van der Waals surface area contributed by atoms with Crippen LogP contribution in [0.4, 0.5) is 0 Å². The molecular formula is C16H32N2O2S. The van der Waals surface area contributed by atoms with Crippen molar-refractivity contribution in [3.05, 3.63) is 0 Å². The number of nitrogens with one attached hydrogen (secondary N) is 1. The van der Waals surface area contributed by atoms with Crippen LogP contribution in [-0.2, 0) is 9.84 Å². The summed E-state index contributed by atoms with van der Waals surface area (Å²) >= 11 is 0. The Labute approximate surface area is 130 Å². The molecule has 1 heterocycles. The Morgan fingerprint density at radius 1 is 1.14 bits per heavy atom. The summed E-state index contributed by atoms with van der Waals surface area (Å²) in [4.78, 5) is 2.48. The Kier molecular flexibility index (Phi) is 6.51. The molecule has 0 bridgehead atoms. The van der Waals surface area contributed by atoms with Crippen LogP contribution in [0.5, 0.6) is 0 Å². The van der Waals surface area contributed by atoms with Gasteiger partial charge >= 0.3 is 0 Å². The number of piperazine rings is 1. The van der Waals surface area contributed by atoms with Gasteiger partial charge in [0.05, 0.1) is 5.75 Å². The molecule has 2 atom stereocenters. The van der Waals surface area contributed by atoms with Gasteiger partial charge < -0.3 is 5.32 Å². The molecule has 2 aliphatic rings. The summed E-state index contributed by atoms with van der Waals surface area (Å²) in [5.41, 5.74) is 0. The molecule has 1 N–H and O–H groups in total. The van der Waals surface area contributed by atoms with Gasteiger partial charge in [0.15, 0.2) is 9.84 Å². The Balaban J connectivity index is 1.98. The predicted octanol–water partition coefficient (Wildman–Crippen LogP) is 2.05. The quantitative estimate of drug-likeness (QED) is 0.815. The van der Waals surface area contributed by atoms with Crippen molar-refractivity contribution in [3.8, 4) is 0 Å². The standard InChI is InChI=1S/C16H32N2O2S/c1-3-15-13-18(10-11-21(19,20)4-2)16(12-17-15)14-8-6-5-7-9-14/h14-17H,3-13H2,1-2H3. The first-order valence-electron chi connectivity index (χ1n) is 8.73. The third kappa shape index (κ3) is 4.93. The Hall–Kier alpha value is -0.130. The zero-order valence-electron chi connectivity index (χ0n) is 13.7. The lowest BCUT2D eigenvalue weighted by Gasteiger charge is -2.45. The summed E-state index contributed by atoms with van der Waals surface area (Å²) in [5, 5.41) is 3.67. The van der Waals surface area contributed by atoms with Gasteiger partial charge in [-0.1, -0.05) is 33.1 Å². The number of nitrogens with zero attached hydrogens (tertiary/aromatic N) is 1. The highest BCUT2D eigenvalue weighted by molar-refractivity contribution is 7.91. The molecule has 2 fully saturated rings. The van der Waals surface area contributed by atoms with Gasteiger partial charge in [0.1, 0.15) is 0 Å². The second-order valence-electron chi connectivity index (χ2n) is 6.71. The normalized spacial score (nSPS) is 29.6. The fraction of sp³-hybridized carbons (Fsp3) is 1.00. The van der Waals surface area contributed by atoms with E-state index in [0.717, 1.165) is 32.0 Å². The molecule has 2 rings (SSSR count). The average molecular weight is 317 g/mol. The van der Waals surface area contributed by atoms with Crippen molar-refractivity contribution in [2.24, 2.45) is 5.92 Å². The molecule has 0 spiro atoms. The van der Waals surface area contributed by atoms with Crippen molar-refractivity contribution in [2.45, 2.75) is 64.5 Å². The van der Waals surface area contributed by atoms with E-state index < -0.39 is 9.84 Å². The first kappa shape index (κ1) is 17.2. The molecule has 0 radical (unpaired) electrons. The lowest BCUT2D eigenvalue weighted by molar-refractivity contribution is 0.0764. The molecule has 1 saturated heterocycles. The topological polar surface area (TPSA) is 49.4 Å². The van der Waals surface area contributed by atoms with Crippen LogP contribution in [0.15, 0.2) is 0 Å². The minimum absolute atomic E-state index is 0.268. The van der Waals surface area contributed by atoms with Crippen molar-refractivity contribution in [2.75, 3.05) is 31.1 Å². The fourth-order valence-electron chi connectivity index (χ4n) is 3.81. The zero-order valence-corrected chi connectivity index (χ0v) is 14.5. The van der Waals surface area contributed by atoms with E-state index in [2.05, 4.69) is 17.1 Å². The molecule has 1 aliphatic carbocycles. The number of hydrogen-bond donors (Lipinski definition) is 1. The smallest absolute Gasteiger partial charge is 0.151 e. The maximum atomic E-state index is 11.8. The van der Waals surface area contributed by atoms with Gasteiger partial charge in [-0.25, -0.2) is 8.42 Å². The van der Waals surface area contributed by atoms with E-state index in [0.29, 0.717) is 17.8 Å². The third-order valence-electron chi connectivity index (χ3n) is 5.36. The van der Waals surface area contributed by atoms with Crippen molar-refractivity contribution in [3.63, 3.8) is 0 Å². The molecule has 5 heteroatoms. The molecule has 1 saturated carbocycles. The van der Waals surface area contributed by atoms with E-state index in [-0.39, 0.29) is 5.75 Å². The Morgan fingerprint density at radius 2 is 1.86 bits per heavy atom. The van der Waals surface area contributed by atoms with Crippen molar-refractivity contribution in [1.29, 1.82) is 0 Å². The van der Waals surface area contributed by atoms with E-state index in [1.165, 1.54) is 32.1 Å². The molecule has 124 valence electrons. The summed E-state index contributed by atoms with van der Waals surface area (Å²) in [6, 6.07) is 1.06. The predicted molar refractivity (Wildman–Crippen MR) is 88.3 cm³/mol. The van der Waals surface area contributed by atoms with Crippen LogP contribution in [0, 0.1) is 5.92 Å². The van der Waals surface area contributed by atoms with Gasteiger partial charge in [0.25, 0.3) is 0 Å². The summed E-state index contributed by atoms with van der Waals surface area (Å²) in [6.45, 7) is 6.72. The monoisotopic (exact) mass is 316 g/mol. The molecule has 2 unspecified atom stereocenters. The number of rotatable bonds is 6. The van der Waals surface area contributed by atoms with Crippen LogP contribution < -0.4 is 5.32 Å². The van der Waals surface area contributed by atoms with Crippen LogP contribution in [0.25, 0.3) is 0 Å². The summed E-state index contributed by atoms with van der Waals surface area (Å²) in [6.07, 6.45) is 7.83.